The van der Waals surface area contributed by atoms with Crippen molar-refractivity contribution in [1.29, 1.82) is 0 Å². The van der Waals surface area contributed by atoms with E-state index in [-0.39, 0.29) is 23.3 Å². The van der Waals surface area contributed by atoms with Crippen molar-refractivity contribution >= 4 is 41.1 Å². The number of alkyl halides is 1. The Morgan fingerprint density at radius 3 is 2.74 bits per heavy atom. The van der Waals surface area contributed by atoms with Crippen molar-refractivity contribution < 1.29 is 19.1 Å². The van der Waals surface area contributed by atoms with Crippen LogP contribution in [0, 0.1) is 0 Å². The number of ether oxygens (including phenoxy) is 2. The number of carbonyl (C=O) groups excluding carboxylic acids is 2. The number of halogens is 2. The summed E-state index contributed by atoms with van der Waals surface area (Å²) in [4.78, 5) is 37.3. The third-order valence-electron chi connectivity index (χ3n) is 2.96. The molecule has 1 unspecified atom stereocenters. The quantitative estimate of drug-likeness (QED) is 0.617. The molecular formula is C13H8Cl2N4O4. The number of nitrogens with zero attached hydrogens (tertiary/aromatic N) is 4. The first-order valence-electron chi connectivity index (χ1n) is 6.27. The molecule has 0 fully saturated rings. The Morgan fingerprint density at radius 1 is 1.26 bits per heavy atom. The first-order valence-corrected chi connectivity index (χ1v) is 7.18. The van der Waals surface area contributed by atoms with Gasteiger partial charge in [0.2, 0.25) is 6.23 Å². The minimum Gasteiger partial charge on any atom is -0.418 e. The van der Waals surface area contributed by atoms with E-state index in [1.54, 1.807) is 6.07 Å². The SMILES string of the molecule is O=C(OCCl)OC1c2nccnc2C(=O)N1c1ccc(Cl)cn1. The number of aromatic nitrogens is 3. The lowest BCUT2D eigenvalue weighted by atomic mass is 10.3. The summed E-state index contributed by atoms with van der Waals surface area (Å²) in [5, 5.41) is 0.396. The van der Waals surface area contributed by atoms with E-state index in [0.29, 0.717) is 5.02 Å². The maximum absolute atomic E-state index is 12.5. The monoisotopic (exact) mass is 354 g/mol. The molecule has 1 aliphatic heterocycles. The molecule has 3 heterocycles. The van der Waals surface area contributed by atoms with E-state index in [9.17, 15) is 9.59 Å². The lowest BCUT2D eigenvalue weighted by Gasteiger charge is -2.22. The normalized spacial score (nSPS) is 16.2. The molecule has 1 atom stereocenters. The molecule has 23 heavy (non-hydrogen) atoms. The third kappa shape index (κ3) is 2.90. The molecule has 0 N–H and O–H groups in total. The molecule has 1 aliphatic rings. The molecule has 0 radical (unpaired) electrons. The van der Waals surface area contributed by atoms with Gasteiger partial charge in [0.05, 0.1) is 5.02 Å². The van der Waals surface area contributed by atoms with E-state index in [4.69, 9.17) is 27.9 Å². The van der Waals surface area contributed by atoms with Crippen LogP contribution < -0.4 is 4.90 Å². The van der Waals surface area contributed by atoms with Gasteiger partial charge in [-0.15, -0.1) is 0 Å². The smallest absolute Gasteiger partial charge is 0.418 e. The van der Waals surface area contributed by atoms with Crippen molar-refractivity contribution in [3.05, 3.63) is 47.1 Å². The summed E-state index contributed by atoms with van der Waals surface area (Å²) in [6, 6.07) is 2.68. The summed E-state index contributed by atoms with van der Waals surface area (Å²) < 4.78 is 9.66. The van der Waals surface area contributed by atoms with Crippen LogP contribution in [0.5, 0.6) is 0 Å². The highest BCUT2D eigenvalue weighted by Crippen LogP contribution is 2.35. The summed E-state index contributed by atoms with van der Waals surface area (Å²) in [6.07, 6.45) is 1.91. The molecule has 0 bridgehead atoms. The molecule has 0 saturated heterocycles. The molecule has 0 aromatic carbocycles. The summed E-state index contributed by atoms with van der Waals surface area (Å²) in [6.45, 7) is 0. The summed E-state index contributed by atoms with van der Waals surface area (Å²) in [5.41, 5.74) is 0.244. The Kier molecular flexibility index (Phi) is 4.26. The van der Waals surface area contributed by atoms with Crippen LogP contribution in [0.25, 0.3) is 0 Å². The summed E-state index contributed by atoms with van der Waals surface area (Å²) in [7, 11) is 0. The molecule has 118 valence electrons. The fourth-order valence-electron chi connectivity index (χ4n) is 2.05. The second-order valence-electron chi connectivity index (χ2n) is 4.27. The largest absolute Gasteiger partial charge is 0.511 e. The number of rotatable bonds is 3. The van der Waals surface area contributed by atoms with Crippen LogP contribution >= 0.6 is 23.2 Å². The zero-order valence-corrected chi connectivity index (χ0v) is 12.9. The van der Waals surface area contributed by atoms with Crippen molar-refractivity contribution in [1.82, 2.24) is 15.0 Å². The van der Waals surface area contributed by atoms with E-state index in [1.165, 1.54) is 24.7 Å². The van der Waals surface area contributed by atoms with E-state index in [0.717, 1.165) is 4.90 Å². The minimum atomic E-state index is -1.16. The standard InChI is InChI=1S/C13H8Cl2N4O4/c14-6-22-13(21)23-12-10-9(16-3-4-17-10)11(20)19(12)8-2-1-7(15)5-18-8/h1-5,12H,6H2. The number of fused-ring (bicyclic) bond motifs is 1. The Hall–Kier alpha value is -2.45. The highest BCUT2D eigenvalue weighted by molar-refractivity contribution is 6.30. The van der Waals surface area contributed by atoms with Crippen LogP contribution in [-0.2, 0) is 9.47 Å². The van der Waals surface area contributed by atoms with Crippen LogP contribution in [0.1, 0.15) is 22.4 Å². The Balaban J connectivity index is 2.00. The fraction of sp³-hybridized carbons (Fsp3) is 0.154. The van der Waals surface area contributed by atoms with Gasteiger partial charge >= 0.3 is 6.16 Å². The molecule has 8 nitrogen and oxygen atoms in total. The summed E-state index contributed by atoms with van der Waals surface area (Å²) >= 11 is 11.1. The van der Waals surface area contributed by atoms with Crippen molar-refractivity contribution in [3.8, 4) is 0 Å². The van der Waals surface area contributed by atoms with Crippen LogP contribution in [0.15, 0.2) is 30.7 Å². The number of anilines is 1. The fourth-order valence-corrected chi connectivity index (χ4v) is 2.25. The van der Waals surface area contributed by atoms with Crippen molar-refractivity contribution in [2.24, 2.45) is 0 Å². The van der Waals surface area contributed by atoms with Crippen LogP contribution in [0.3, 0.4) is 0 Å². The zero-order valence-electron chi connectivity index (χ0n) is 11.3. The van der Waals surface area contributed by atoms with Gasteiger partial charge in [0, 0.05) is 18.6 Å². The number of pyridine rings is 1. The topological polar surface area (TPSA) is 94.5 Å². The number of hydrogen-bond donors (Lipinski definition) is 0. The first kappa shape index (κ1) is 15.4. The Bertz CT molecular complexity index is 756. The summed E-state index contributed by atoms with van der Waals surface area (Å²) in [5.74, 6) is -0.283. The van der Waals surface area contributed by atoms with Gasteiger partial charge in [-0.1, -0.05) is 23.2 Å². The average molecular weight is 355 g/mol. The third-order valence-corrected chi connectivity index (χ3v) is 3.29. The minimum absolute atomic E-state index is 0.0629. The zero-order chi connectivity index (χ0) is 16.4. The van der Waals surface area contributed by atoms with E-state index in [2.05, 4.69) is 19.7 Å². The Labute approximate surface area is 140 Å². The predicted molar refractivity (Wildman–Crippen MR) is 79.1 cm³/mol. The van der Waals surface area contributed by atoms with Gasteiger partial charge in [-0.05, 0) is 12.1 Å². The molecule has 0 spiro atoms. The van der Waals surface area contributed by atoms with E-state index < -0.39 is 18.3 Å². The Morgan fingerprint density at radius 2 is 2.04 bits per heavy atom. The maximum Gasteiger partial charge on any atom is 0.511 e. The molecule has 0 saturated carbocycles. The van der Waals surface area contributed by atoms with Crippen LogP contribution in [0.2, 0.25) is 5.02 Å². The molecule has 2 aromatic heterocycles. The lowest BCUT2D eigenvalue weighted by molar-refractivity contribution is 0.0323. The van der Waals surface area contributed by atoms with Gasteiger partial charge in [0.1, 0.15) is 11.5 Å². The predicted octanol–water partition coefficient (Wildman–Crippen LogP) is 2.53. The molecule has 10 heteroatoms. The van der Waals surface area contributed by atoms with Gasteiger partial charge in [-0.2, -0.15) is 0 Å². The van der Waals surface area contributed by atoms with Crippen LogP contribution in [-0.4, -0.2) is 33.1 Å². The first-order chi connectivity index (χ1) is 11.1. The average Bonchev–Trinajstić information content (AvgIpc) is 2.82. The number of hydrogen-bond acceptors (Lipinski definition) is 7. The number of carbonyl (C=O) groups is 2. The molecular weight excluding hydrogens is 347 g/mol. The molecule has 3 rings (SSSR count). The van der Waals surface area contributed by atoms with Gasteiger partial charge in [-0.3, -0.25) is 9.78 Å². The second kappa shape index (κ2) is 6.35. The van der Waals surface area contributed by atoms with Crippen molar-refractivity contribution in [2.45, 2.75) is 6.23 Å². The number of amides is 1. The van der Waals surface area contributed by atoms with Crippen LogP contribution in [0.4, 0.5) is 10.6 Å². The van der Waals surface area contributed by atoms with Gasteiger partial charge in [-0.25, -0.2) is 19.7 Å². The lowest BCUT2D eigenvalue weighted by Crippen LogP contribution is -2.32. The highest BCUT2D eigenvalue weighted by Gasteiger charge is 2.43. The molecule has 1 amide bonds. The highest BCUT2D eigenvalue weighted by atomic mass is 35.5. The van der Waals surface area contributed by atoms with E-state index in [1.807, 2.05) is 0 Å². The van der Waals surface area contributed by atoms with Gasteiger partial charge in [0.25, 0.3) is 5.91 Å². The maximum atomic E-state index is 12.5. The van der Waals surface area contributed by atoms with Crippen molar-refractivity contribution in [2.75, 3.05) is 11.0 Å². The van der Waals surface area contributed by atoms with E-state index >= 15 is 0 Å². The molecule has 2 aromatic rings. The second-order valence-corrected chi connectivity index (χ2v) is 4.93. The van der Waals surface area contributed by atoms with Gasteiger partial charge in [0.15, 0.2) is 11.8 Å². The molecule has 0 aliphatic carbocycles. The van der Waals surface area contributed by atoms with Crippen molar-refractivity contribution in [3.63, 3.8) is 0 Å². The van der Waals surface area contributed by atoms with Gasteiger partial charge < -0.3 is 9.47 Å².